The van der Waals surface area contributed by atoms with Crippen LogP contribution in [0.25, 0.3) is 10.9 Å². The number of amides is 1. The molecule has 5 rings (SSSR count). The van der Waals surface area contributed by atoms with E-state index >= 15 is 0 Å². The molecule has 2 aromatic carbocycles. The molecular weight excluding hydrogens is 535 g/mol. The molecule has 0 N–H and O–H groups in total. The van der Waals surface area contributed by atoms with Gasteiger partial charge < -0.3 is 9.80 Å². The number of thiophene rings is 1. The minimum absolute atomic E-state index is 0.0955. The molecule has 10 heteroatoms. The number of rotatable bonds is 11. The van der Waals surface area contributed by atoms with E-state index in [0.29, 0.717) is 18.6 Å². The van der Waals surface area contributed by atoms with E-state index in [9.17, 15) is 17.6 Å². The molecule has 0 aliphatic carbocycles. The maximum absolute atomic E-state index is 14.1. The van der Waals surface area contributed by atoms with E-state index in [2.05, 4.69) is 9.88 Å². The van der Waals surface area contributed by atoms with Crippen LogP contribution in [0.5, 0.6) is 0 Å². The van der Waals surface area contributed by atoms with Crippen LogP contribution in [0, 0.1) is 5.82 Å². The largest absolute Gasteiger partial charge is 0.332 e. The summed E-state index contributed by atoms with van der Waals surface area (Å²) in [5, 5.41) is 2.66. The van der Waals surface area contributed by atoms with Gasteiger partial charge in [-0.2, -0.15) is 4.31 Å². The van der Waals surface area contributed by atoms with E-state index in [1.807, 2.05) is 29.6 Å². The van der Waals surface area contributed by atoms with Crippen LogP contribution >= 0.6 is 11.3 Å². The Labute approximate surface area is 232 Å². The minimum atomic E-state index is -4.04. The average molecular weight is 567 g/mol. The van der Waals surface area contributed by atoms with Crippen molar-refractivity contribution in [3.8, 4) is 0 Å². The van der Waals surface area contributed by atoms with Crippen LogP contribution in [0.3, 0.4) is 0 Å². The highest BCUT2D eigenvalue weighted by Gasteiger charge is 2.31. The second-order valence-electron chi connectivity index (χ2n) is 9.67. The van der Waals surface area contributed by atoms with Gasteiger partial charge in [-0.05, 0) is 67.2 Å². The number of hydrogen-bond donors (Lipinski definition) is 0. The molecule has 7 nitrogen and oxygen atoms in total. The summed E-state index contributed by atoms with van der Waals surface area (Å²) in [6.07, 6.45) is 3.75. The van der Waals surface area contributed by atoms with Gasteiger partial charge in [0.2, 0.25) is 15.9 Å². The molecule has 2 aromatic heterocycles. The number of carbonyl (C=O) groups excluding carboxylic acids is 1. The van der Waals surface area contributed by atoms with Crippen molar-refractivity contribution < 1.29 is 17.6 Å². The molecular formula is C29H31FN4O3S2. The fraction of sp³-hybridized carbons (Fsp3) is 0.310. The predicted molar refractivity (Wildman–Crippen MR) is 151 cm³/mol. The van der Waals surface area contributed by atoms with Crippen LogP contribution < -0.4 is 0 Å². The lowest BCUT2D eigenvalue weighted by Gasteiger charge is -2.28. The van der Waals surface area contributed by atoms with E-state index < -0.39 is 10.0 Å². The van der Waals surface area contributed by atoms with Gasteiger partial charge in [0.15, 0.2) is 0 Å². The summed E-state index contributed by atoms with van der Waals surface area (Å²) >= 11 is 1.53. The number of sulfonamides is 1. The van der Waals surface area contributed by atoms with Gasteiger partial charge in [0.25, 0.3) is 0 Å². The summed E-state index contributed by atoms with van der Waals surface area (Å²) in [7, 11) is -4.04. The van der Waals surface area contributed by atoms with Crippen molar-refractivity contribution in [2.45, 2.75) is 30.8 Å². The third kappa shape index (κ3) is 6.70. The summed E-state index contributed by atoms with van der Waals surface area (Å²) in [5.41, 5.74) is 1.16. The first-order valence-electron chi connectivity index (χ1n) is 13.0. The minimum Gasteiger partial charge on any atom is -0.332 e. The summed E-state index contributed by atoms with van der Waals surface area (Å²) in [5.74, 6) is -0.663. The molecule has 0 radical (unpaired) electrons. The van der Waals surface area contributed by atoms with Crippen LogP contribution in [0.2, 0.25) is 0 Å². The lowest BCUT2D eigenvalue weighted by Crippen LogP contribution is -2.45. The molecule has 1 aliphatic heterocycles. The van der Waals surface area contributed by atoms with Gasteiger partial charge in [0.05, 0.1) is 18.6 Å². The van der Waals surface area contributed by atoms with Gasteiger partial charge in [0.1, 0.15) is 10.7 Å². The van der Waals surface area contributed by atoms with Crippen LogP contribution in [0.4, 0.5) is 4.39 Å². The Morgan fingerprint density at radius 1 is 0.974 bits per heavy atom. The first kappa shape index (κ1) is 27.4. The number of hydrogen-bond acceptors (Lipinski definition) is 6. The SMILES string of the molecule is O=C(CN(CCN1CCCC1)S(=O)(=O)c1cccc2cccnc12)N(Cc1ccc(F)cc1)Cc1cccs1. The lowest BCUT2D eigenvalue weighted by atomic mass is 10.2. The Morgan fingerprint density at radius 3 is 2.49 bits per heavy atom. The standard InChI is InChI=1S/C29H31FN4O3S2/c30-25-12-10-23(11-13-25)20-33(21-26-8-5-19-38-26)28(35)22-34(18-17-32-15-1-2-16-32)39(36,37)27-9-3-6-24-7-4-14-31-29(24)27/h3-14,19H,1-2,15-18,20-22H2. The number of likely N-dealkylation sites (tertiary alicyclic amines) is 1. The predicted octanol–water partition coefficient (Wildman–Crippen LogP) is 4.75. The summed E-state index contributed by atoms with van der Waals surface area (Å²) < 4.78 is 43.0. The smallest absolute Gasteiger partial charge is 0.245 e. The zero-order valence-electron chi connectivity index (χ0n) is 21.6. The van der Waals surface area contributed by atoms with Crippen molar-refractivity contribution >= 4 is 38.2 Å². The van der Waals surface area contributed by atoms with Crippen molar-refractivity contribution in [3.05, 3.63) is 94.6 Å². The first-order chi connectivity index (χ1) is 18.9. The highest BCUT2D eigenvalue weighted by Crippen LogP contribution is 2.25. The van der Waals surface area contributed by atoms with Crippen LogP contribution in [-0.2, 0) is 27.9 Å². The Kier molecular flexibility index (Phi) is 8.66. The normalized spacial score (nSPS) is 14.3. The average Bonchev–Trinajstić information content (AvgIpc) is 3.66. The number of nitrogens with zero attached hydrogens (tertiary/aromatic N) is 4. The number of pyridine rings is 1. The Bertz CT molecular complexity index is 1500. The molecule has 0 unspecified atom stereocenters. The van der Waals surface area contributed by atoms with E-state index in [4.69, 9.17) is 0 Å². The molecule has 0 saturated carbocycles. The second kappa shape index (κ2) is 12.3. The van der Waals surface area contributed by atoms with Crippen molar-refractivity contribution in [1.82, 2.24) is 19.1 Å². The molecule has 1 fully saturated rings. The number of carbonyl (C=O) groups is 1. The van der Waals surface area contributed by atoms with Gasteiger partial charge in [-0.3, -0.25) is 9.78 Å². The second-order valence-corrected chi connectivity index (χ2v) is 12.6. The number of fused-ring (bicyclic) bond motifs is 1. The third-order valence-electron chi connectivity index (χ3n) is 6.96. The van der Waals surface area contributed by atoms with Crippen molar-refractivity contribution in [2.24, 2.45) is 0 Å². The van der Waals surface area contributed by atoms with E-state index in [-0.39, 0.29) is 36.3 Å². The maximum atomic E-state index is 14.1. The summed E-state index contributed by atoms with van der Waals surface area (Å²) in [4.78, 5) is 23.1. The molecule has 1 saturated heterocycles. The molecule has 1 aliphatic rings. The van der Waals surface area contributed by atoms with E-state index in [1.165, 1.54) is 27.8 Å². The molecule has 0 atom stereocenters. The van der Waals surface area contributed by atoms with Gasteiger partial charge in [-0.25, -0.2) is 12.8 Å². The molecule has 4 aromatic rings. The van der Waals surface area contributed by atoms with Crippen LogP contribution in [-0.4, -0.2) is 66.1 Å². The van der Waals surface area contributed by atoms with E-state index in [0.717, 1.165) is 41.8 Å². The molecule has 204 valence electrons. The number of para-hydroxylation sites is 1. The zero-order chi connectivity index (χ0) is 27.2. The Hall–Kier alpha value is -3.18. The van der Waals surface area contributed by atoms with Crippen LogP contribution in [0.1, 0.15) is 23.3 Å². The lowest BCUT2D eigenvalue weighted by molar-refractivity contribution is -0.132. The Balaban J connectivity index is 1.44. The maximum Gasteiger partial charge on any atom is 0.245 e. The third-order valence-corrected chi connectivity index (χ3v) is 9.69. The molecule has 0 spiro atoms. The van der Waals surface area contributed by atoms with Gasteiger partial charge in [-0.1, -0.05) is 36.4 Å². The van der Waals surface area contributed by atoms with Gasteiger partial charge in [0, 0.05) is 36.1 Å². The Morgan fingerprint density at radius 2 is 1.74 bits per heavy atom. The van der Waals surface area contributed by atoms with Crippen molar-refractivity contribution in [1.29, 1.82) is 0 Å². The monoisotopic (exact) mass is 566 g/mol. The number of benzene rings is 2. The van der Waals surface area contributed by atoms with E-state index in [1.54, 1.807) is 41.4 Å². The fourth-order valence-electron chi connectivity index (χ4n) is 4.85. The molecule has 1 amide bonds. The molecule has 3 heterocycles. The number of aromatic nitrogens is 1. The highest BCUT2D eigenvalue weighted by molar-refractivity contribution is 7.89. The first-order valence-corrected chi connectivity index (χ1v) is 15.3. The topological polar surface area (TPSA) is 73.8 Å². The fourth-order valence-corrected chi connectivity index (χ4v) is 7.12. The van der Waals surface area contributed by atoms with Crippen molar-refractivity contribution in [2.75, 3.05) is 32.7 Å². The summed E-state index contributed by atoms with van der Waals surface area (Å²) in [6.45, 7) is 2.87. The highest BCUT2D eigenvalue weighted by atomic mass is 32.2. The zero-order valence-corrected chi connectivity index (χ0v) is 23.2. The summed E-state index contributed by atoms with van der Waals surface area (Å²) in [6, 6.07) is 18.6. The van der Waals surface area contributed by atoms with Gasteiger partial charge >= 0.3 is 0 Å². The van der Waals surface area contributed by atoms with Crippen LogP contribution in [0.15, 0.2) is 83.2 Å². The number of halogens is 1. The quantitative estimate of drug-likeness (QED) is 0.262. The van der Waals surface area contributed by atoms with Crippen molar-refractivity contribution in [3.63, 3.8) is 0 Å². The molecule has 39 heavy (non-hydrogen) atoms. The molecule has 0 bridgehead atoms. The van der Waals surface area contributed by atoms with Gasteiger partial charge in [-0.15, -0.1) is 11.3 Å².